The Bertz CT molecular complexity index is 504. The predicted octanol–water partition coefficient (Wildman–Crippen LogP) is -0.626. The van der Waals surface area contributed by atoms with Gasteiger partial charge in [0, 0.05) is 45.0 Å². The first-order valence-corrected chi connectivity index (χ1v) is 7.41. The molecule has 116 valence electrons. The molecule has 2 fully saturated rings. The number of rotatable bonds is 4. The van der Waals surface area contributed by atoms with Crippen LogP contribution in [0.1, 0.15) is 23.3 Å². The number of hydrogen-bond acceptors (Lipinski definition) is 5. The van der Waals surface area contributed by atoms with Crippen LogP contribution in [0.2, 0.25) is 0 Å². The summed E-state index contributed by atoms with van der Waals surface area (Å²) in [5.74, 6) is -0.117. The van der Waals surface area contributed by atoms with Gasteiger partial charge in [0.1, 0.15) is 5.69 Å². The van der Waals surface area contributed by atoms with Gasteiger partial charge in [-0.25, -0.2) is 4.98 Å². The van der Waals surface area contributed by atoms with Crippen LogP contribution >= 0.6 is 0 Å². The number of aryl methyl sites for hydroxylation is 1. The monoisotopic (exact) mass is 294 g/mol. The highest BCUT2D eigenvalue weighted by atomic mass is 16.5. The van der Waals surface area contributed by atoms with Crippen molar-refractivity contribution in [2.75, 3.05) is 26.3 Å². The van der Waals surface area contributed by atoms with Gasteiger partial charge in [-0.1, -0.05) is 0 Å². The van der Waals surface area contributed by atoms with Crippen molar-refractivity contribution in [2.45, 2.75) is 31.0 Å². The van der Waals surface area contributed by atoms with E-state index in [1.807, 2.05) is 7.05 Å². The molecule has 0 saturated carbocycles. The van der Waals surface area contributed by atoms with Gasteiger partial charge in [0.15, 0.2) is 0 Å². The third-order valence-corrected chi connectivity index (χ3v) is 4.21. The Hall–Kier alpha value is -1.44. The average Bonchev–Trinajstić information content (AvgIpc) is 3.04. The molecule has 3 atom stereocenters. The highest BCUT2D eigenvalue weighted by Crippen LogP contribution is 2.24. The van der Waals surface area contributed by atoms with E-state index < -0.39 is 0 Å². The minimum Gasteiger partial charge on any atom is -0.396 e. The molecule has 7 heteroatoms. The number of hydrogen-bond donors (Lipinski definition) is 2. The van der Waals surface area contributed by atoms with E-state index >= 15 is 0 Å². The van der Waals surface area contributed by atoms with E-state index in [9.17, 15) is 4.79 Å². The molecule has 0 unspecified atom stereocenters. The SMILES string of the molecule is Cn1cnc(C(=O)N[C@@H]2C[C@H]3CO[C@@H](CCO)CN3C2)c1. The molecule has 0 bridgehead atoms. The van der Waals surface area contributed by atoms with Gasteiger partial charge in [0.05, 0.1) is 19.0 Å². The summed E-state index contributed by atoms with van der Waals surface area (Å²) in [4.78, 5) is 18.5. The van der Waals surface area contributed by atoms with E-state index in [1.165, 1.54) is 0 Å². The Labute approximate surface area is 123 Å². The number of ether oxygens (including phenoxy) is 1. The smallest absolute Gasteiger partial charge is 0.271 e. The van der Waals surface area contributed by atoms with Crippen molar-refractivity contribution in [2.24, 2.45) is 7.05 Å². The molecule has 0 aromatic carbocycles. The van der Waals surface area contributed by atoms with E-state index in [4.69, 9.17) is 9.84 Å². The molecule has 2 saturated heterocycles. The summed E-state index contributed by atoms with van der Waals surface area (Å²) in [7, 11) is 1.85. The standard InChI is InChI=1S/C14H22N4O3/c1-17-7-13(15-9-17)14(20)16-10-4-11-8-21-12(2-3-19)6-18(11)5-10/h7,9-12,19H,2-6,8H2,1H3,(H,16,20)/t10-,11+,12+/m1/s1. The second-order valence-electron chi connectivity index (χ2n) is 5.91. The number of imidazole rings is 1. The zero-order chi connectivity index (χ0) is 14.8. The zero-order valence-corrected chi connectivity index (χ0v) is 12.2. The zero-order valence-electron chi connectivity index (χ0n) is 12.2. The molecular formula is C14H22N4O3. The van der Waals surface area contributed by atoms with Crippen LogP contribution in [-0.4, -0.2) is 70.0 Å². The lowest BCUT2D eigenvalue weighted by Gasteiger charge is -2.34. The molecule has 2 aliphatic heterocycles. The molecule has 2 aliphatic rings. The Morgan fingerprint density at radius 3 is 3.14 bits per heavy atom. The van der Waals surface area contributed by atoms with Crippen molar-refractivity contribution in [3.8, 4) is 0 Å². The largest absolute Gasteiger partial charge is 0.396 e. The maximum absolute atomic E-state index is 12.1. The molecule has 21 heavy (non-hydrogen) atoms. The van der Waals surface area contributed by atoms with Crippen LogP contribution in [0.3, 0.4) is 0 Å². The molecule has 2 N–H and O–H groups in total. The summed E-state index contributed by atoms with van der Waals surface area (Å²) < 4.78 is 7.51. The van der Waals surface area contributed by atoms with Crippen LogP contribution in [0, 0.1) is 0 Å². The van der Waals surface area contributed by atoms with Crippen molar-refractivity contribution in [3.63, 3.8) is 0 Å². The van der Waals surface area contributed by atoms with E-state index in [0.29, 0.717) is 24.8 Å². The summed E-state index contributed by atoms with van der Waals surface area (Å²) in [6, 6.07) is 0.509. The number of aliphatic hydroxyl groups excluding tert-OH is 1. The molecule has 1 amide bonds. The number of aromatic nitrogens is 2. The highest BCUT2D eigenvalue weighted by molar-refractivity contribution is 5.92. The van der Waals surface area contributed by atoms with Crippen molar-refractivity contribution in [3.05, 3.63) is 18.2 Å². The Kier molecular flexibility index (Phi) is 4.23. The molecule has 0 spiro atoms. The van der Waals surface area contributed by atoms with Gasteiger partial charge in [-0.05, 0) is 12.8 Å². The van der Waals surface area contributed by atoms with E-state index in [0.717, 1.165) is 19.5 Å². The maximum Gasteiger partial charge on any atom is 0.271 e. The summed E-state index contributed by atoms with van der Waals surface area (Å²) in [5, 5.41) is 12.0. The topological polar surface area (TPSA) is 79.6 Å². The van der Waals surface area contributed by atoms with Crippen LogP contribution in [0.15, 0.2) is 12.5 Å². The first kappa shape index (κ1) is 14.5. The third kappa shape index (κ3) is 3.25. The minimum atomic E-state index is -0.117. The molecule has 1 aromatic heterocycles. The Morgan fingerprint density at radius 1 is 1.57 bits per heavy atom. The lowest BCUT2D eigenvalue weighted by atomic mass is 10.1. The lowest BCUT2D eigenvalue weighted by molar-refractivity contribution is -0.0566. The van der Waals surface area contributed by atoms with Gasteiger partial charge in [-0.15, -0.1) is 0 Å². The number of amides is 1. The maximum atomic E-state index is 12.1. The van der Waals surface area contributed by atoms with Crippen LogP contribution in [-0.2, 0) is 11.8 Å². The van der Waals surface area contributed by atoms with Crippen molar-refractivity contribution in [1.29, 1.82) is 0 Å². The van der Waals surface area contributed by atoms with Crippen LogP contribution in [0.5, 0.6) is 0 Å². The number of nitrogens with one attached hydrogen (secondary N) is 1. The van der Waals surface area contributed by atoms with Gasteiger partial charge < -0.3 is 19.7 Å². The quantitative estimate of drug-likeness (QED) is 0.773. The van der Waals surface area contributed by atoms with Crippen molar-refractivity contribution in [1.82, 2.24) is 19.8 Å². The van der Waals surface area contributed by atoms with Crippen LogP contribution < -0.4 is 5.32 Å². The van der Waals surface area contributed by atoms with Gasteiger partial charge in [-0.2, -0.15) is 0 Å². The number of morpholine rings is 1. The fourth-order valence-electron chi connectivity index (χ4n) is 3.16. The van der Waals surface area contributed by atoms with Crippen LogP contribution in [0.25, 0.3) is 0 Å². The summed E-state index contributed by atoms with van der Waals surface area (Å²) in [6.07, 6.45) is 5.04. The van der Waals surface area contributed by atoms with Gasteiger partial charge >= 0.3 is 0 Å². The average molecular weight is 294 g/mol. The molecule has 0 radical (unpaired) electrons. The number of nitrogens with zero attached hydrogens (tertiary/aromatic N) is 3. The summed E-state index contributed by atoms with van der Waals surface area (Å²) >= 11 is 0. The fraction of sp³-hybridized carbons (Fsp3) is 0.714. The normalized spacial score (nSPS) is 29.3. The second-order valence-corrected chi connectivity index (χ2v) is 5.91. The van der Waals surface area contributed by atoms with Crippen molar-refractivity contribution < 1.29 is 14.6 Å². The first-order chi connectivity index (χ1) is 10.2. The van der Waals surface area contributed by atoms with E-state index in [-0.39, 0.29) is 24.7 Å². The molecule has 3 rings (SSSR count). The predicted molar refractivity (Wildman–Crippen MR) is 75.9 cm³/mol. The van der Waals surface area contributed by atoms with Gasteiger partial charge in [0.25, 0.3) is 5.91 Å². The number of carbonyl (C=O) groups excluding carboxylic acids is 1. The van der Waals surface area contributed by atoms with Crippen molar-refractivity contribution >= 4 is 5.91 Å². The van der Waals surface area contributed by atoms with E-state index in [1.54, 1.807) is 17.1 Å². The number of aliphatic hydroxyl groups is 1. The fourth-order valence-corrected chi connectivity index (χ4v) is 3.16. The summed E-state index contributed by atoms with van der Waals surface area (Å²) in [6.45, 7) is 2.51. The molecule has 1 aromatic rings. The number of carbonyl (C=O) groups is 1. The molecule has 0 aliphatic carbocycles. The number of fused-ring (bicyclic) bond motifs is 1. The molecular weight excluding hydrogens is 272 g/mol. The van der Waals surface area contributed by atoms with Gasteiger partial charge in [0.2, 0.25) is 0 Å². The summed E-state index contributed by atoms with van der Waals surface area (Å²) in [5.41, 5.74) is 0.455. The Balaban J connectivity index is 1.54. The third-order valence-electron chi connectivity index (χ3n) is 4.21. The van der Waals surface area contributed by atoms with E-state index in [2.05, 4.69) is 15.2 Å². The highest BCUT2D eigenvalue weighted by Gasteiger charge is 2.37. The molecule has 7 nitrogen and oxygen atoms in total. The van der Waals surface area contributed by atoms with Gasteiger partial charge in [-0.3, -0.25) is 9.69 Å². The Morgan fingerprint density at radius 2 is 2.43 bits per heavy atom. The first-order valence-electron chi connectivity index (χ1n) is 7.41. The van der Waals surface area contributed by atoms with Crippen LogP contribution in [0.4, 0.5) is 0 Å². The lowest BCUT2D eigenvalue weighted by Crippen LogP contribution is -2.46. The molecule has 3 heterocycles. The minimum absolute atomic E-state index is 0.108. The second kappa shape index (κ2) is 6.13.